The Hall–Kier alpha value is -2.54. The van der Waals surface area contributed by atoms with Crippen molar-refractivity contribution in [1.29, 1.82) is 0 Å². The SMILES string of the molecule is CN1CCN(c2ncc(-c3cccnc3)c(C3CCCN(C(=O)C4CC4)C3)n2)CC1. The Labute approximate surface area is 178 Å². The van der Waals surface area contributed by atoms with Gasteiger partial charge in [-0.3, -0.25) is 9.78 Å². The van der Waals surface area contributed by atoms with E-state index in [1.807, 2.05) is 18.5 Å². The first-order valence-corrected chi connectivity index (χ1v) is 11.2. The molecule has 2 aromatic rings. The lowest BCUT2D eigenvalue weighted by Gasteiger charge is -2.35. The molecule has 0 bridgehead atoms. The van der Waals surface area contributed by atoms with Gasteiger partial charge in [0.05, 0.1) is 5.69 Å². The van der Waals surface area contributed by atoms with Gasteiger partial charge in [-0.2, -0.15) is 0 Å². The Morgan fingerprint density at radius 3 is 2.63 bits per heavy atom. The maximum absolute atomic E-state index is 12.7. The molecule has 1 amide bonds. The van der Waals surface area contributed by atoms with Crippen molar-refractivity contribution >= 4 is 11.9 Å². The van der Waals surface area contributed by atoms with Crippen LogP contribution in [0.1, 0.15) is 37.3 Å². The Morgan fingerprint density at radius 1 is 1.07 bits per heavy atom. The van der Waals surface area contributed by atoms with E-state index in [0.29, 0.717) is 5.91 Å². The Morgan fingerprint density at radius 2 is 1.90 bits per heavy atom. The van der Waals surface area contributed by atoms with E-state index in [2.05, 4.69) is 32.8 Å². The fraction of sp³-hybridized carbons (Fsp3) is 0.565. The van der Waals surface area contributed by atoms with E-state index in [-0.39, 0.29) is 11.8 Å². The molecule has 0 aromatic carbocycles. The molecule has 7 nitrogen and oxygen atoms in total. The van der Waals surface area contributed by atoms with Crippen molar-refractivity contribution < 1.29 is 4.79 Å². The lowest BCUT2D eigenvalue weighted by atomic mass is 9.90. The molecule has 1 saturated carbocycles. The number of pyridine rings is 1. The summed E-state index contributed by atoms with van der Waals surface area (Å²) in [6.45, 7) is 5.58. The predicted octanol–water partition coefficient (Wildman–Crippen LogP) is 2.41. The zero-order valence-electron chi connectivity index (χ0n) is 17.7. The predicted molar refractivity (Wildman–Crippen MR) is 116 cm³/mol. The Kier molecular flexibility index (Phi) is 5.37. The van der Waals surface area contributed by atoms with E-state index in [0.717, 1.165) is 87.7 Å². The van der Waals surface area contributed by atoms with Crippen LogP contribution in [-0.2, 0) is 4.79 Å². The number of piperidine rings is 1. The number of likely N-dealkylation sites (N-methyl/N-ethyl adjacent to an activating group) is 1. The number of hydrogen-bond acceptors (Lipinski definition) is 6. The molecule has 158 valence electrons. The fourth-order valence-corrected chi connectivity index (χ4v) is 4.59. The number of piperazine rings is 1. The van der Waals surface area contributed by atoms with Gasteiger partial charge in [0, 0.05) is 80.8 Å². The first kappa shape index (κ1) is 19.4. The van der Waals surface area contributed by atoms with Gasteiger partial charge in [0.2, 0.25) is 11.9 Å². The molecule has 5 rings (SSSR count). The molecule has 1 unspecified atom stereocenters. The summed E-state index contributed by atoms with van der Waals surface area (Å²) in [6, 6.07) is 4.03. The second-order valence-electron chi connectivity index (χ2n) is 8.90. The summed E-state index contributed by atoms with van der Waals surface area (Å²) in [4.78, 5) is 33.6. The number of carbonyl (C=O) groups is 1. The van der Waals surface area contributed by atoms with Crippen LogP contribution in [0.2, 0.25) is 0 Å². The smallest absolute Gasteiger partial charge is 0.225 e. The topological polar surface area (TPSA) is 65.5 Å². The van der Waals surface area contributed by atoms with Crippen LogP contribution < -0.4 is 4.90 Å². The first-order chi connectivity index (χ1) is 14.7. The molecule has 1 aliphatic carbocycles. The number of likely N-dealkylation sites (tertiary alicyclic amines) is 1. The van der Waals surface area contributed by atoms with Gasteiger partial charge >= 0.3 is 0 Å². The van der Waals surface area contributed by atoms with Crippen LogP contribution in [0.4, 0.5) is 5.95 Å². The van der Waals surface area contributed by atoms with Crippen molar-refractivity contribution in [2.45, 2.75) is 31.6 Å². The maximum atomic E-state index is 12.7. The first-order valence-electron chi connectivity index (χ1n) is 11.2. The van der Waals surface area contributed by atoms with Crippen LogP contribution in [0.5, 0.6) is 0 Å². The minimum absolute atomic E-state index is 0.242. The maximum Gasteiger partial charge on any atom is 0.225 e. The highest BCUT2D eigenvalue weighted by molar-refractivity contribution is 5.81. The average Bonchev–Trinajstić information content (AvgIpc) is 3.65. The van der Waals surface area contributed by atoms with Crippen molar-refractivity contribution in [3.8, 4) is 11.1 Å². The number of anilines is 1. The van der Waals surface area contributed by atoms with E-state index < -0.39 is 0 Å². The highest BCUT2D eigenvalue weighted by atomic mass is 16.2. The van der Waals surface area contributed by atoms with Crippen LogP contribution in [0.15, 0.2) is 30.7 Å². The van der Waals surface area contributed by atoms with Crippen LogP contribution in [-0.4, -0.2) is 77.0 Å². The van der Waals surface area contributed by atoms with Gasteiger partial charge in [-0.25, -0.2) is 9.97 Å². The summed E-state index contributed by atoms with van der Waals surface area (Å²) in [5, 5.41) is 0. The van der Waals surface area contributed by atoms with Crippen LogP contribution in [0.25, 0.3) is 11.1 Å². The van der Waals surface area contributed by atoms with Crippen LogP contribution >= 0.6 is 0 Å². The molecule has 2 saturated heterocycles. The van der Waals surface area contributed by atoms with Crippen molar-refractivity contribution in [2.24, 2.45) is 5.92 Å². The number of nitrogens with zero attached hydrogens (tertiary/aromatic N) is 6. The quantitative estimate of drug-likeness (QED) is 0.777. The third-order valence-corrected chi connectivity index (χ3v) is 6.61. The summed E-state index contributed by atoms with van der Waals surface area (Å²) >= 11 is 0. The third kappa shape index (κ3) is 4.03. The van der Waals surface area contributed by atoms with Crippen molar-refractivity contribution in [3.05, 3.63) is 36.4 Å². The molecule has 3 aliphatic rings. The van der Waals surface area contributed by atoms with Gasteiger partial charge in [0.15, 0.2) is 0 Å². The van der Waals surface area contributed by atoms with Gasteiger partial charge < -0.3 is 14.7 Å². The second kappa shape index (κ2) is 8.30. The minimum atomic E-state index is 0.242. The third-order valence-electron chi connectivity index (χ3n) is 6.61. The Bertz CT molecular complexity index is 892. The number of rotatable bonds is 4. The van der Waals surface area contributed by atoms with Gasteiger partial charge in [0.25, 0.3) is 0 Å². The highest BCUT2D eigenvalue weighted by Gasteiger charge is 2.36. The van der Waals surface area contributed by atoms with Crippen LogP contribution in [0.3, 0.4) is 0 Å². The molecule has 4 heterocycles. The summed E-state index contributed by atoms with van der Waals surface area (Å²) in [5.41, 5.74) is 3.16. The normalized spacial score (nSPS) is 22.9. The summed E-state index contributed by atoms with van der Waals surface area (Å²) < 4.78 is 0. The zero-order valence-corrected chi connectivity index (χ0v) is 17.7. The van der Waals surface area contributed by atoms with Crippen molar-refractivity contribution in [3.63, 3.8) is 0 Å². The molecule has 0 spiro atoms. The molecule has 0 radical (unpaired) electrons. The number of amides is 1. The van der Waals surface area contributed by atoms with Crippen molar-refractivity contribution in [2.75, 3.05) is 51.2 Å². The number of carbonyl (C=O) groups excluding carboxylic acids is 1. The second-order valence-corrected chi connectivity index (χ2v) is 8.90. The standard InChI is InChI=1S/C23H30N6O/c1-27-10-12-28(13-11-27)23-25-15-20(18-4-2-8-24-14-18)21(26-23)19-5-3-9-29(16-19)22(30)17-6-7-17/h2,4,8,14-15,17,19H,3,5-7,9-13,16H2,1H3. The summed E-state index contributed by atoms with van der Waals surface area (Å²) in [7, 11) is 2.16. The largest absolute Gasteiger partial charge is 0.342 e. The molecule has 3 fully saturated rings. The van der Waals surface area contributed by atoms with E-state index in [1.165, 1.54) is 0 Å². The van der Waals surface area contributed by atoms with E-state index >= 15 is 0 Å². The molecule has 0 N–H and O–H groups in total. The molecule has 2 aliphatic heterocycles. The average molecular weight is 407 g/mol. The number of aromatic nitrogens is 3. The van der Waals surface area contributed by atoms with Gasteiger partial charge in [0.1, 0.15) is 0 Å². The lowest BCUT2D eigenvalue weighted by molar-refractivity contribution is -0.133. The molecule has 1 atom stereocenters. The molecular weight excluding hydrogens is 376 g/mol. The Balaban J connectivity index is 1.47. The highest BCUT2D eigenvalue weighted by Crippen LogP contribution is 2.37. The summed E-state index contributed by atoms with van der Waals surface area (Å²) in [6.07, 6.45) is 9.84. The van der Waals surface area contributed by atoms with Gasteiger partial charge in [-0.15, -0.1) is 0 Å². The molecular formula is C23H30N6O. The van der Waals surface area contributed by atoms with E-state index in [4.69, 9.17) is 9.97 Å². The van der Waals surface area contributed by atoms with Gasteiger partial charge in [-0.05, 0) is 38.8 Å². The summed E-state index contributed by atoms with van der Waals surface area (Å²) in [5.74, 6) is 1.67. The monoisotopic (exact) mass is 406 g/mol. The zero-order chi connectivity index (χ0) is 20.5. The van der Waals surface area contributed by atoms with E-state index in [1.54, 1.807) is 6.20 Å². The fourth-order valence-electron chi connectivity index (χ4n) is 4.59. The molecule has 30 heavy (non-hydrogen) atoms. The van der Waals surface area contributed by atoms with Gasteiger partial charge in [-0.1, -0.05) is 6.07 Å². The minimum Gasteiger partial charge on any atom is -0.342 e. The van der Waals surface area contributed by atoms with E-state index in [9.17, 15) is 4.79 Å². The van der Waals surface area contributed by atoms with Crippen LogP contribution in [0, 0.1) is 5.92 Å². The molecule has 2 aromatic heterocycles. The number of hydrogen-bond donors (Lipinski definition) is 0. The van der Waals surface area contributed by atoms with Crippen molar-refractivity contribution in [1.82, 2.24) is 24.8 Å². The molecule has 7 heteroatoms. The lowest BCUT2D eigenvalue weighted by Crippen LogP contribution is -2.45.